The maximum atomic E-state index is 6.60. The number of benzene rings is 9. The van der Waals surface area contributed by atoms with Crippen LogP contribution >= 0.6 is 0 Å². The summed E-state index contributed by atoms with van der Waals surface area (Å²) in [4.78, 5) is 10.6. The van der Waals surface area contributed by atoms with Crippen molar-refractivity contribution in [2.24, 2.45) is 0 Å². The lowest BCUT2D eigenvalue weighted by Gasteiger charge is -2.22. The van der Waals surface area contributed by atoms with E-state index in [2.05, 4.69) is 222 Å². The van der Waals surface area contributed by atoms with Gasteiger partial charge >= 0.3 is 0 Å². The second-order valence-electron chi connectivity index (χ2n) is 17.8. The van der Waals surface area contributed by atoms with Crippen LogP contribution in [0, 0.1) is 0 Å². The molecule has 4 heterocycles. The highest BCUT2D eigenvalue weighted by molar-refractivity contribution is 6.18. The SMILES string of the molecule is CC1(C)c2ccccc2-c2cc3c4cc5oc6ccccc6c5cc4n(-c4cc(-n5c(-c6ccccc6)nc6ccccc65)cc(-n5c(-c6ccccc6)nc6ccccc65)c4)c3cc21. The first kappa shape index (κ1) is 36.0. The Bertz CT molecular complexity index is 3950. The number of nitrogens with zero attached hydrogens (tertiary/aromatic N) is 5. The standard InChI is InChI=1S/C59H39N5O/c1-59(2)47-23-11-9-21-41(47)43-32-44-45-34-56-46(42-22-10-16-28-55(42)65-56)33-53(45)62(54(44)35-48(43)59)38-29-39(63-51-26-14-12-24-49(51)60-57(63)36-17-5-3-6-18-36)31-40(30-38)64-52-27-15-13-25-50(52)61-58(64)37-19-7-4-8-20-37/h3-35H,1-2H3. The summed E-state index contributed by atoms with van der Waals surface area (Å²) in [5.41, 5.74) is 18.0. The molecule has 0 saturated carbocycles. The third-order valence-electron chi connectivity index (χ3n) is 13.8. The van der Waals surface area contributed by atoms with Crippen LogP contribution < -0.4 is 0 Å². The van der Waals surface area contributed by atoms with E-state index in [1.54, 1.807) is 0 Å². The van der Waals surface area contributed by atoms with Gasteiger partial charge in [-0.2, -0.15) is 0 Å². The molecule has 0 fully saturated rings. The molecule has 0 spiro atoms. The van der Waals surface area contributed by atoms with Crippen LogP contribution in [0.15, 0.2) is 205 Å². The molecule has 0 unspecified atom stereocenters. The molecule has 0 aliphatic heterocycles. The molecule has 6 heteroatoms. The van der Waals surface area contributed by atoms with Gasteiger partial charge in [0.15, 0.2) is 0 Å². The molecule has 0 saturated heterocycles. The quantitative estimate of drug-likeness (QED) is 0.174. The van der Waals surface area contributed by atoms with Gasteiger partial charge in [-0.25, -0.2) is 9.97 Å². The number of hydrogen-bond acceptors (Lipinski definition) is 3. The smallest absolute Gasteiger partial charge is 0.145 e. The van der Waals surface area contributed by atoms with Gasteiger partial charge in [-0.1, -0.05) is 141 Å². The van der Waals surface area contributed by atoms with Gasteiger partial charge in [-0.15, -0.1) is 0 Å². The van der Waals surface area contributed by atoms with Crippen LogP contribution in [0.1, 0.15) is 25.0 Å². The summed E-state index contributed by atoms with van der Waals surface area (Å²) < 4.78 is 13.7. The Labute approximate surface area is 373 Å². The monoisotopic (exact) mass is 833 g/mol. The lowest BCUT2D eigenvalue weighted by Crippen LogP contribution is -2.15. The summed E-state index contributed by atoms with van der Waals surface area (Å²) in [6, 6.07) is 71.7. The summed E-state index contributed by atoms with van der Waals surface area (Å²) in [6.07, 6.45) is 0. The fourth-order valence-electron chi connectivity index (χ4n) is 10.8. The van der Waals surface area contributed by atoms with E-state index in [0.29, 0.717) is 0 Å². The molecule has 0 amide bonds. The number of rotatable bonds is 5. The van der Waals surface area contributed by atoms with Crippen LogP contribution in [0.4, 0.5) is 0 Å². The zero-order chi connectivity index (χ0) is 43.0. The molecule has 6 nitrogen and oxygen atoms in total. The predicted octanol–water partition coefficient (Wildman–Crippen LogP) is 15.0. The summed E-state index contributed by atoms with van der Waals surface area (Å²) >= 11 is 0. The van der Waals surface area contributed by atoms with Gasteiger partial charge in [-0.3, -0.25) is 9.13 Å². The molecule has 9 aromatic carbocycles. The number of aromatic nitrogens is 5. The fraction of sp³-hybridized carbons (Fsp3) is 0.0508. The summed E-state index contributed by atoms with van der Waals surface area (Å²) in [5.74, 6) is 1.75. The molecule has 0 atom stereocenters. The molecule has 1 aliphatic rings. The van der Waals surface area contributed by atoms with Crippen molar-refractivity contribution in [2.45, 2.75) is 19.3 Å². The third kappa shape index (κ3) is 5.16. The van der Waals surface area contributed by atoms with Crippen molar-refractivity contribution in [2.75, 3.05) is 0 Å². The first-order valence-corrected chi connectivity index (χ1v) is 22.2. The number of furan rings is 1. The first-order valence-electron chi connectivity index (χ1n) is 22.2. The van der Waals surface area contributed by atoms with E-state index >= 15 is 0 Å². The van der Waals surface area contributed by atoms with E-state index in [4.69, 9.17) is 14.4 Å². The summed E-state index contributed by atoms with van der Waals surface area (Å²) in [7, 11) is 0. The van der Waals surface area contributed by atoms with E-state index in [0.717, 1.165) is 100 Å². The molecular formula is C59H39N5O. The second kappa shape index (κ2) is 13.3. The molecule has 306 valence electrons. The van der Waals surface area contributed by atoms with Crippen molar-refractivity contribution in [1.29, 1.82) is 0 Å². The fourth-order valence-corrected chi connectivity index (χ4v) is 10.8. The third-order valence-corrected chi connectivity index (χ3v) is 13.8. The van der Waals surface area contributed by atoms with Gasteiger partial charge in [0.1, 0.15) is 22.8 Å². The van der Waals surface area contributed by atoms with E-state index in [1.807, 2.05) is 6.07 Å². The molecule has 14 rings (SSSR count). The molecule has 0 N–H and O–H groups in total. The van der Waals surface area contributed by atoms with Crippen molar-refractivity contribution >= 4 is 65.8 Å². The van der Waals surface area contributed by atoms with Crippen LogP contribution in [0.25, 0.3) is 117 Å². The van der Waals surface area contributed by atoms with E-state index in [9.17, 15) is 0 Å². The second-order valence-corrected chi connectivity index (χ2v) is 17.8. The van der Waals surface area contributed by atoms with Crippen molar-refractivity contribution in [1.82, 2.24) is 23.7 Å². The molecule has 0 bridgehead atoms. The summed E-state index contributed by atoms with van der Waals surface area (Å²) in [5, 5.41) is 4.50. The average Bonchev–Trinajstić information content (AvgIpc) is 4.15. The van der Waals surface area contributed by atoms with E-state index in [1.165, 1.54) is 27.6 Å². The molecule has 1 aliphatic carbocycles. The van der Waals surface area contributed by atoms with Crippen LogP contribution in [0.5, 0.6) is 0 Å². The average molecular weight is 834 g/mol. The van der Waals surface area contributed by atoms with Crippen LogP contribution in [0.2, 0.25) is 0 Å². The van der Waals surface area contributed by atoms with Gasteiger partial charge < -0.3 is 8.98 Å². The Morgan fingerprint density at radius 3 is 1.55 bits per heavy atom. The van der Waals surface area contributed by atoms with Crippen molar-refractivity contribution in [3.05, 3.63) is 211 Å². The Balaban J connectivity index is 1.15. The Hall–Kier alpha value is -8.48. The maximum absolute atomic E-state index is 6.60. The Kier molecular flexibility index (Phi) is 7.36. The van der Waals surface area contributed by atoms with Gasteiger partial charge in [-0.05, 0) is 95.1 Å². The number of fused-ring (bicyclic) bond motifs is 11. The number of imidazole rings is 2. The molecular weight excluding hydrogens is 795 g/mol. The molecule has 13 aromatic rings. The molecule has 4 aromatic heterocycles. The lowest BCUT2D eigenvalue weighted by molar-refractivity contribution is 0.661. The lowest BCUT2D eigenvalue weighted by atomic mass is 9.82. The van der Waals surface area contributed by atoms with E-state index in [-0.39, 0.29) is 5.41 Å². The zero-order valence-electron chi connectivity index (χ0n) is 35.7. The first-order chi connectivity index (χ1) is 32.0. The predicted molar refractivity (Wildman–Crippen MR) is 266 cm³/mol. The highest BCUT2D eigenvalue weighted by Gasteiger charge is 2.36. The largest absolute Gasteiger partial charge is 0.456 e. The maximum Gasteiger partial charge on any atom is 0.145 e. The minimum Gasteiger partial charge on any atom is -0.456 e. The highest BCUT2D eigenvalue weighted by Crippen LogP contribution is 2.51. The minimum atomic E-state index is -0.196. The zero-order valence-corrected chi connectivity index (χ0v) is 35.7. The Morgan fingerprint density at radius 2 is 0.892 bits per heavy atom. The van der Waals surface area contributed by atoms with E-state index < -0.39 is 0 Å². The van der Waals surface area contributed by atoms with Gasteiger partial charge in [0.05, 0.1) is 50.2 Å². The molecule has 65 heavy (non-hydrogen) atoms. The summed E-state index contributed by atoms with van der Waals surface area (Å²) in [6.45, 7) is 4.72. The molecule has 0 radical (unpaired) electrons. The Morgan fingerprint density at radius 1 is 0.369 bits per heavy atom. The van der Waals surface area contributed by atoms with Crippen LogP contribution in [-0.2, 0) is 5.41 Å². The number of para-hydroxylation sites is 5. The van der Waals surface area contributed by atoms with Crippen LogP contribution in [-0.4, -0.2) is 23.7 Å². The number of hydrogen-bond donors (Lipinski definition) is 0. The normalized spacial score (nSPS) is 13.2. The van der Waals surface area contributed by atoms with Crippen molar-refractivity contribution in [3.63, 3.8) is 0 Å². The van der Waals surface area contributed by atoms with Gasteiger partial charge in [0.25, 0.3) is 0 Å². The van der Waals surface area contributed by atoms with Crippen LogP contribution in [0.3, 0.4) is 0 Å². The van der Waals surface area contributed by atoms with Crippen molar-refractivity contribution in [3.8, 4) is 51.0 Å². The minimum absolute atomic E-state index is 0.196. The van der Waals surface area contributed by atoms with Crippen molar-refractivity contribution < 1.29 is 4.42 Å². The highest BCUT2D eigenvalue weighted by atomic mass is 16.3. The van der Waals surface area contributed by atoms with Gasteiger partial charge in [0.2, 0.25) is 0 Å². The topological polar surface area (TPSA) is 53.7 Å². The van der Waals surface area contributed by atoms with Gasteiger partial charge in [0, 0.05) is 38.1 Å².